The fourth-order valence-electron chi connectivity index (χ4n) is 4.39. The molecule has 0 radical (unpaired) electrons. The van der Waals surface area contributed by atoms with Gasteiger partial charge in [-0.25, -0.2) is 13.2 Å². The van der Waals surface area contributed by atoms with E-state index in [1.54, 1.807) is 38.1 Å². The number of nitrogens with zero attached hydrogens (tertiary/aromatic N) is 2. The van der Waals surface area contributed by atoms with Crippen molar-refractivity contribution < 1.29 is 27.5 Å². The lowest BCUT2D eigenvalue weighted by Gasteiger charge is -2.41. The van der Waals surface area contributed by atoms with Crippen LogP contribution in [0.15, 0.2) is 53.4 Å². The van der Waals surface area contributed by atoms with Crippen molar-refractivity contribution in [3.8, 4) is 0 Å². The first-order valence-electron chi connectivity index (χ1n) is 11.6. The third kappa shape index (κ3) is 4.94. The fourth-order valence-corrected chi connectivity index (χ4v) is 5.95. The van der Waals surface area contributed by atoms with Crippen molar-refractivity contribution >= 4 is 39.2 Å². The Kier molecular flexibility index (Phi) is 6.95. The molecule has 2 aromatic rings. The van der Waals surface area contributed by atoms with E-state index in [0.29, 0.717) is 24.5 Å². The Hall–Kier alpha value is -3.24. The second kappa shape index (κ2) is 9.79. The van der Waals surface area contributed by atoms with E-state index in [9.17, 15) is 22.8 Å². The Morgan fingerprint density at radius 1 is 1.00 bits per heavy atom. The van der Waals surface area contributed by atoms with Gasteiger partial charge in [-0.3, -0.25) is 14.5 Å². The molecule has 2 amide bonds. The third-order valence-corrected chi connectivity index (χ3v) is 8.25. The van der Waals surface area contributed by atoms with E-state index < -0.39 is 34.0 Å². The summed E-state index contributed by atoms with van der Waals surface area (Å²) in [5, 5.41) is 2.78. The molecule has 0 spiro atoms. The minimum absolute atomic E-state index is 0.0166. The summed E-state index contributed by atoms with van der Waals surface area (Å²) in [7, 11) is -3.74. The highest BCUT2D eigenvalue weighted by atomic mass is 32.2. The van der Waals surface area contributed by atoms with Crippen molar-refractivity contribution in [2.45, 2.75) is 50.0 Å². The van der Waals surface area contributed by atoms with Crippen LogP contribution in [-0.4, -0.2) is 55.7 Å². The average Bonchev–Trinajstić information content (AvgIpc) is 3.13. The van der Waals surface area contributed by atoms with Crippen LogP contribution in [0.25, 0.3) is 0 Å². The standard InChI is InChI=1S/C25H29N3O6S/c1-25(2)24(31)26-20-12-5-6-13-21(20)28(25)22(29)17-34-23(30)18-10-9-11-19(16-18)35(32,33)27-14-7-3-4-8-15-27/h5-6,9-13,16H,3-4,7-8,14-15,17H2,1-2H3,(H,26,31). The van der Waals surface area contributed by atoms with Gasteiger partial charge in [0.05, 0.1) is 21.8 Å². The predicted octanol–water partition coefficient (Wildman–Crippen LogP) is 3.17. The molecule has 1 fully saturated rings. The molecule has 1 saturated heterocycles. The number of nitrogens with one attached hydrogen (secondary N) is 1. The molecule has 2 heterocycles. The third-order valence-electron chi connectivity index (χ3n) is 6.36. The number of carbonyl (C=O) groups is 3. The van der Waals surface area contributed by atoms with Gasteiger partial charge in [-0.05, 0) is 57.0 Å². The van der Waals surface area contributed by atoms with E-state index in [0.717, 1.165) is 25.7 Å². The molecule has 0 bridgehead atoms. The molecule has 0 unspecified atom stereocenters. The number of amides is 2. The number of rotatable bonds is 5. The Balaban J connectivity index is 1.49. The van der Waals surface area contributed by atoms with Crippen molar-refractivity contribution in [2.75, 3.05) is 29.9 Å². The van der Waals surface area contributed by atoms with Gasteiger partial charge >= 0.3 is 5.97 Å². The topological polar surface area (TPSA) is 113 Å². The second-order valence-corrected chi connectivity index (χ2v) is 11.1. The highest BCUT2D eigenvalue weighted by Crippen LogP contribution is 2.36. The molecule has 2 aliphatic heterocycles. The Labute approximate surface area is 205 Å². The molecule has 10 heteroatoms. The number of benzene rings is 2. The van der Waals surface area contributed by atoms with Gasteiger partial charge < -0.3 is 10.1 Å². The molecule has 186 valence electrons. The van der Waals surface area contributed by atoms with Crippen LogP contribution in [0, 0.1) is 0 Å². The number of sulfonamides is 1. The van der Waals surface area contributed by atoms with E-state index in [-0.39, 0.29) is 16.4 Å². The molecule has 1 N–H and O–H groups in total. The van der Waals surface area contributed by atoms with Crippen molar-refractivity contribution in [1.29, 1.82) is 0 Å². The Morgan fingerprint density at radius 3 is 2.40 bits per heavy atom. The molecule has 0 atom stereocenters. The fraction of sp³-hybridized carbons (Fsp3) is 0.400. The average molecular weight is 500 g/mol. The predicted molar refractivity (Wildman–Crippen MR) is 131 cm³/mol. The maximum absolute atomic E-state index is 13.1. The van der Waals surface area contributed by atoms with E-state index in [1.165, 1.54) is 33.5 Å². The monoisotopic (exact) mass is 499 g/mol. The Morgan fingerprint density at radius 2 is 1.69 bits per heavy atom. The molecule has 0 aliphatic carbocycles. The van der Waals surface area contributed by atoms with Gasteiger partial charge in [0, 0.05) is 13.1 Å². The lowest BCUT2D eigenvalue weighted by Crippen LogP contribution is -2.59. The van der Waals surface area contributed by atoms with E-state index >= 15 is 0 Å². The highest BCUT2D eigenvalue weighted by Gasteiger charge is 2.43. The molecule has 4 rings (SSSR count). The smallest absolute Gasteiger partial charge is 0.338 e. The minimum Gasteiger partial charge on any atom is -0.452 e. The molecular weight excluding hydrogens is 470 g/mol. The number of para-hydroxylation sites is 2. The second-order valence-electron chi connectivity index (χ2n) is 9.18. The van der Waals surface area contributed by atoms with Crippen molar-refractivity contribution in [3.05, 3.63) is 54.1 Å². The van der Waals surface area contributed by atoms with Gasteiger partial charge in [-0.2, -0.15) is 4.31 Å². The number of hydrogen-bond donors (Lipinski definition) is 1. The van der Waals surface area contributed by atoms with Crippen LogP contribution in [0.3, 0.4) is 0 Å². The van der Waals surface area contributed by atoms with Crippen LogP contribution >= 0.6 is 0 Å². The van der Waals surface area contributed by atoms with Crippen LogP contribution in [0.4, 0.5) is 11.4 Å². The first-order chi connectivity index (χ1) is 16.6. The van der Waals surface area contributed by atoms with Crippen LogP contribution < -0.4 is 10.2 Å². The lowest BCUT2D eigenvalue weighted by atomic mass is 9.96. The maximum Gasteiger partial charge on any atom is 0.338 e. The zero-order valence-corrected chi connectivity index (χ0v) is 20.6. The molecule has 2 aliphatic rings. The minimum atomic E-state index is -3.74. The largest absolute Gasteiger partial charge is 0.452 e. The van der Waals surface area contributed by atoms with Gasteiger partial charge in [0.1, 0.15) is 5.54 Å². The summed E-state index contributed by atoms with van der Waals surface area (Å²) >= 11 is 0. The summed E-state index contributed by atoms with van der Waals surface area (Å²) < 4.78 is 32.9. The SMILES string of the molecule is CC1(C)C(=O)Nc2ccccc2N1C(=O)COC(=O)c1cccc(S(=O)(=O)N2CCCCCC2)c1. The van der Waals surface area contributed by atoms with Gasteiger partial charge in [0.15, 0.2) is 6.61 Å². The summed E-state index contributed by atoms with van der Waals surface area (Å²) in [5.41, 5.74) is -0.171. The molecule has 0 aromatic heterocycles. The highest BCUT2D eigenvalue weighted by molar-refractivity contribution is 7.89. The molecule has 2 aromatic carbocycles. The summed E-state index contributed by atoms with van der Waals surface area (Å²) in [4.78, 5) is 39.7. The van der Waals surface area contributed by atoms with Gasteiger partial charge in [-0.1, -0.05) is 31.0 Å². The number of hydrogen-bond acceptors (Lipinski definition) is 6. The summed E-state index contributed by atoms with van der Waals surface area (Å²) in [6.07, 6.45) is 3.59. The quantitative estimate of drug-likeness (QED) is 0.633. The van der Waals surface area contributed by atoms with Crippen molar-refractivity contribution in [1.82, 2.24) is 4.31 Å². The molecular formula is C25H29N3O6S. The summed E-state index contributed by atoms with van der Waals surface area (Å²) in [6, 6.07) is 12.5. The van der Waals surface area contributed by atoms with Gasteiger partial charge in [0.25, 0.3) is 5.91 Å². The first kappa shape index (κ1) is 24.9. The van der Waals surface area contributed by atoms with E-state index in [4.69, 9.17) is 4.74 Å². The zero-order chi connectivity index (χ0) is 25.2. The van der Waals surface area contributed by atoms with Crippen LogP contribution in [-0.2, 0) is 24.3 Å². The van der Waals surface area contributed by atoms with E-state index in [2.05, 4.69) is 5.32 Å². The zero-order valence-electron chi connectivity index (χ0n) is 19.8. The molecule has 0 saturated carbocycles. The molecule has 9 nitrogen and oxygen atoms in total. The number of fused-ring (bicyclic) bond motifs is 1. The van der Waals surface area contributed by atoms with Crippen molar-refractivity contribution in [3.63, 3.8) is 0 Å². The number of anilines is 2. The summed E-state index contributed by atoms with van der Waals surface area (Å²) in [5.74, 6) is -1.75. The normalized spacial score (nSPS) is 18.2. The van der Waals surface area contributed by atoms with Crippen molar-refractivity contribution in [2.24, 2.45) is 0 Å². The lowest BCUT2D eigenvalue weighted by molar-refractivity contribution is -0.128. The number of ether oxygens (including phenoxy) is 1. The maximum atomic E-state index is 13.1. The first-order valence-corrected chi connectivity index (χ1v) is 13.1. The van der Waals surface area contributed by atoms with Crippen LogP contribution in [0.1, 0.15) is 49.9 Å². The number of carbonyl (C=O) groups excluding carboxylic acids is 3. The van der Waals surface area contributed by atoms with Crippen LogP contribution in [0.5, 0.6) is 0 Å². The Bertz CT molecular complexity index is 1250. The van der Waals surface area contributed by atoms with Crippen LogP contribution in [0.2, 0.25) is 0 Å². The van der Waals surface area contributed by atoms with Gasteiger partial charge in [0.2, 0.25) is 15.9 Å². The summed E-state index contributed by atoms with van der Waals surface area (Å²) in [6.45, 7) is 3.51. The number of esters is 1. The molecule has 35 heavy (non-hydrogen) atoms. The van der Waals surface area contributed by atoms with E-state index in [1.807, 2.05) is 0 Å². The van der Waals surface area contributed by atoms with Gasteiger partial charge in [-0.15, -0.1) is 0 Å².